The van der Waals surface area contributed by atoms with Gasteiger partial charge in [0.2, 0.25) is 0 Å². The van der Waals surface area contributed by atoms with E-state index in [9.17, 15) is 0 Å². The zero-order chi connectivity index (χ0) is 51.5. The molecule has 10 aromatic carbocycles. The molecule has 0 radical (unpaired) electrons. The van der Waals surface area contributed by atoms with E-state index in [4.69, 9.17) is 8.83 Å². The Kier molecular flexibility index (Phi) is 8.38. The molecule has 0 N–H and O–H groups in total. The second kappa shape index (κ2) is 14.5. The number of furan rings is 2. The largest absolute Gasteiger partial charge is 0.455 e. The second-order valence-electron chi connectivity index (χ2n) is 24.4. The van der Waals surface area contributed by atoms with Gasteiger partial charge in [0.1, 0.15) is 22.3 Å². The standard InChI is InChI=1S/C73H57NO2/c1-40-19-18-20-42(35-40)74(44-31-34-49-57(38-44)73(8,9)66-62(49)64-51-24-13-17-28-60(51)76-69(64)65-47-22-11-15-26-54(47)72(6,7)67(65)66)43-30-33-48-56(37-43)71(4,5)58-39-52(68-63(61(48)58)50-23-12-16-27-59(50)75-68)41-29-32-46-45-21-10-14-25-53(45)70(2,3)55(46)36-41/h10-39H,1-9H3. The van der Waals surface area contributed by atoms with Crippen LogP contribution >= 0.6 is 0 Å². The fourth-order valence-corrected chi connectivity index (χ4v) is 15.2. The van der Waals surface area contributed by atoms with Gasteiger partial charge in [0.05, 0.1) is 0 Å². The average Bonchev–Trinajstić information content (AvgIpc) is 4.41. The number of benzene rings is 10. The van der Waals surface area contributed by atoms with E-state index in [2.05, 4.69) is 249 Å². The van der Waals surface area contributed by atoms with Crippen molar-refractivity contribution in [1.29, 1.82) is 0 Å². The molecule has 2 aromatic heterocycles. The molecule has 0 spiro atoms. The Morgan fingerprint density at radius 2 is 0.816 bits per heavy atom. The van der Waals surface area contributed by atoms with E-state index < -0.39 is 0 Å². The summed E-state index contributed by atoms with van der Waals surface area (Å²) in [4.78, 5) is 2.50. The molecule has 3 nitrogen and oxygen atoms in total. The normalized spacial score (nSPS) is 16.1. The lowest BCUT2D eigenvalue weighted by Crippen LogP contribution is -2.24. The fraction of sp³-hybridized carbons (Fsp3) is 0.178. The van der Waals surface area contributed by atoms with Crippen LogP contribution in [0.1, 0.15) is 105 Å². The molecule has 12 aromatic rings. The summed E-state index contributed by atoms with van der Waals surface area (Å²) in [7, 11) is 0. The van der Waals surface area contributed by atoms with Gasteiger partial charge in [0.15, 0.2) is 0 Å². The third-order valence-electron chi connectivity index (χ3n) is 18.8. The molecule has 0 fully saturated rings. The van der Waals surface area contributed by atoms with Gasteiger partial charge in [0, 0.05) is 71.4 Å². The molecule has 0 aliphatic heterocycles. The second-order valence-corrected chi connectivity index (χ2v) is 24.4. The number of anilines is 3. The van der Waals surface area contributed by atoms with E-state index in [0.717, 1.165) is 50.3 Å². The molecule has 0 saturated heterocycles. The molecule has 0 bridgehead atoms. The van der Waals surface area contributed by atoms with Gasteiger partial charge in [-0.25, -0.2) is 0 Å². The van der Waals surface area contributed by atoms with Crippen molar-refractivity contribution in [1.82, 2.24) is 0 Å². The van der Waals surface area contributed by atoms with E-state index in [0.29, 0.717) is 0 Å². The van der Waals surface area contributed by atoms with Gasteiger partial charge in [-0.1, -0.05) is 177 Å². The lowest BCUT2D eigenvalue weighted by molar-refractivity contribution is 0.600. The molecule has 0 unspecified atom stereocenters. The number of aryl methyl sites for hydroxylation is 1. The van der Waals surface area contributed by atoms with Crippen molar-refractivity contribution in [2.24, 2.45) is 0 Å². The van der Waals surface area contributed by atoms with Crippen molar-refractivity contribution < 1.29 is 8.83 Å². The van der Waals surface area contributed by atoms with Crippen molar-refractivity contribution in [3.63, 3.8) is 0 Å². The Bertz CT molecular complexity index is 4600. The minimum Gasteiger partial charge on any atom is -0.455 e. The van der Waals surface area contributed by atoms with Gasteiger partial charge >= 0.3 is 0 Å². The molecule has 76 heavy (non-hydrogen) atoms. The lowest BCUT2D eigenvalue weighted by Gasteiger charge is -2.32. The summed E-state index contributed by atoms with van der Waals surface area (Å²) in [6.45, 7) is 21.5. The predicted molar refractivity (Wildman–Crippen MR) is 316 cm³/mol. The van der Waals surface area contributed by atoms with Crippen LogP contribution in [0.4, 0.5) is 17.1 Å². The van der Waals surface area contributed by atoms with Crippen LogP contribution in [0.3, 0.4) is 0 Å². The van der Waals surface area contributed by atoms with Crippen LogP contribution in [0.15, 0.2) is 191 Å². The Labute approximate surface area is 444 Å². The first kappa shape index (κ1) is 43.9. The number of fused-ring (bicyclic) bond motifs is 22. The number of rotatable bonds is 4. The first-order valence-electron chi connectivity index (χ1n) is 27.2. The SMILES string of the molecule is Cc1cccc(N(c2ccc3c(c2)C(C)(C)c2cc(-c4ccc5c(c4)C(C)(C)c4ccccc4-5)c4oc5ccccc5c4c2-3)c2ccc3c(c2)C(C)(C)c2c4c(c5oc6ccccc6c5c2-3)-c2ccccc2C4(C)C)c1. The molecule has 2 heterocycles. The molecule has 4 aliphatic rings. The monoisotopic (exact) mass is 979 g/mol. The molecular formula is C73H57NO2. The third kappa shape index (κ3) is 5.43. The van der Waals surface area contributed by atoms with Crippen LogP contribution in [0.2, 0.25) is 0 Å². The van der Waals surface area contributed by atoms with E-state index in [1.54, 1.807) is 0 Å². The van der Waals surface area contributed by atoms with Crippen LogP contribution in [0, 0.1) is 6.92 Å². The first-order valence-corrected chi connectivity index (χ1v) is 27.2. The topological polar surface area (TPSA) is 29.5 Å². The van der Waals surface area contributed by atoms with Gasteiger partial charge < -0.3 is 13.7 Å². The van der Waals surface area contributed by atoms with Crippen LogP contribution < -0.4 is 4.90 Å². The van der Waals surface area contributed by atoms with Gasteiger partial charge in [-0.15, -0.1) is 0 Å². The molecule has 0 atom stereocenters. The maximum atomic E-state index is 7.02. The molecule has 16 rings (SSSR count). The summed E-state index contributed by atoms with van der Waals surface area (Å²) in [5, 5.41) is 4.74. The maximum absolute atomic E-state index is 7.02. The minimum atomic E-state index is -0.336. The molecule has 4 aliphatic carbocycles. The first-order chi connectivity index (χ1) is 36.6. The molecule has 0 saturated carbocycles. The van der Waals surface area contributed by atoms with E-state index in [1.807, 2.05) is 0 Å². The van der Waals surface area contributed by atoms with Gasteiger partial charge in [-0.3, -0.25) is 0 Å². The molecule has 3 heteroatoms. The van der Waals surface area contributed by atoms with Crippen molar-refractivity contribution in [2.75, 3.05) is 4.90 Å². The van der Waals surface area contributed by atoms with Gasteiger partial charge in [-0.2, -0.15) is 0 Å². The summed E-state index contributed by atoms with van der Waals surface area (Å²) < 4.78 is 14.0. The highest BCUT2D eigenvalue weighted by Gasteiger charge is 2.49. The average molecular weight is 980 g/mol. The van der Waals surface area contributed by atoms with Gasteiger partial charge in [-0.05, 0) is 162 Å². The highest BCUT2D eigenvalue weighted by Crippen LogP contribution is 2.64. The van der Waals surface area contributed by atoms with Crippen LogP contribution in [-0.2, 0) is 21.7 Å². The summed E-state index contributed by atoms with van der Waals surface area (Å²) in [5.74, 6) is 0. The lowest BCUT2D eigenvalue weighted by atomic mass is 9.72. The van der Waals surface area contributed by atoms with E-state index in [-0.39, 0.29) is 21.7 Å². The highest BCUT2D eigenvalue weighted by molar-refractivity contribution is 6.21. The zero-order valence-corrected chi connectivity index (χ0v) is 44.6. The van der Waals surface area contributed by atoms with Gasteiger partial charge in [0.25, 0.3) is 0 Å². The predicted octanol–water partition coefficient (Wildman–Crippen LogP) is 20.2. The number of nitrogens with zero attached hydrogens (tertiary/aromatic N) is 1. The minimum absolute atomic E-state index is 0.121. The number of para-hydroxylation sites is 2. The Hall–Kier alpha value is -8.40. The number of hydrogen-bond acceptors (Lipinski definition) is 3. The van der Waals surface area contributed by atoms with Crippen LogP contribution in [0.25, 0.3) is 99.5 Å². The summed E-state index contributed by atoms with van der Waals surface area (Å²) in [6.07, 6.45) is 0. The van der Waals surface area contributed by atoms with Crippen LogP contribution in [-0.4, -0.2) is 0 Å². The van der Waals surface area contributed by atoms with E-state index in [1.165, 1.54) is 116 Å². The molecular weight excluding hydrogens is 923 g/mol. The Morgan fingerprint density at radius 1 is 0.329 bits per heavy atom. The summed E-state index contributed by atoms with van der Waals surface area (Å²) in [6, 6.07) is 68.3. The summed E-state index contributed by atoms with van der Waals surface area (Å²) >= 11 is 0. The fourth-order valence-electron chi connectivity index (χ4n) is 15.2. The van der Waals surface area contributed by atoms with Crippen LogP contribution in [0.5, 0.6) is 0 Å². The van der Waals surface area contributed by atoms with E-state index >= 15 is 0 Å². The molecule has 0 amide bonds. The smallest absolute Gasteiger partial charge is 0.144 e. The Balaban J connectivity index is 0.887. The van der Waals surface area contributed by atoms with Crippen molar-refractivity contribution in [3.8, 4) is 55.6 Å². The third-order valence-corrected chi connectivity index (χ3v) is 18.8. The van der Waals surface area contributed by atoms with Crippen molar-refractivity contribution >= 4 is 60.9 Å². The number of hydrogen-bond donors (Lipinski definition) is 0. The quantitative estimate of drug-likeness (QED) is 0.176. The molecule has 366 valence electrons. The Morgan fingerprint density at radius 3 is 1.51 bits per heavy atom. The maximum Gasteiger partial charge on any atom is 0.144 e. The van der Waals surface area contributed by atoms with Crippen molar-refractivity contribution in [3.05, 3.63) is 232 Å². The summed E-state index contributed by atoms with van der Waals surface area (Å²) in [5.41, 5.74) is 30.9. The van der Waals surface area contributed by atoms with Crippen molar-refractivity contribution in [2.45, 2.75) is 84.0 Å². The zero-order valence-electron chi connectivity index (χ0n) is 44.6. The highest BCUT2D eigenvalue weighted by atomic mass is 16.3.